The van der Waals surface area contributed by atoms with Crippen LogP contribution in [0.5, 0.6) is 0 Å². The van der Waals surface area contributed by atoms with Crippen LogP contribution in [0.3, 0.4) is 0 Å². The minimum atomic E-state index is 0.0922. The number of hydrogen-bond donors (Lipinski definition) is 1. The highest BCUT2D eigenvalue weighted by atomic mass is 32.2. The first kappa shape index (κ1) is 16.3. The first-order valence-corrected chi connectivity index (χ1v) is 9.54. The number of hydrogen-bond acceptors (Lipinski definition) is 3. The van der Waals surface area contributed by atoms with Crippen molar-refractivity contribution in [3.8, 4) is 0 Å². The minimum Gasteiger partial charge on any atom is -0.316 e. The average Bonchev–Trinajstić information content (AvgIpc) is 2.79. The van der Waals surface area contributed by atoms with Crippen molar-refractivity contribution in [2.75, 3.05) is 18.1 Å². The SMILES string of the molecule is O=c1ccccn1CCCCNC1CSCCc2ccccc21. The maximum absolute atomic E-state index is 11.7. The van der Waals surface area contributed by atoms with E-state index in [1.165, 1.54) is 23.3 Å². The zero-order valence-electron chi connectivity index (χ0n) is 13.4. The van der Waals surface area contributed by atoms with E-state index in [1.807, 2.05) is 24.0 Å². The van der Waals surface area contributed by atoms with E-state index in [9.17, 15) is 4.79 Å². The molecule has 3 rings (SSSR count). The van der Waals surface area contributed by atoms with Gasteiger partial charge < -0.3 is 9.88 Å². The molecule has 23 heavy (non-hydrogen) atoms. The zero-order chi connectivity index (χ0) is 15.9. The summed E-state index contributed by atoms with van der Waals surface area (Å²) in [5.74, 6) is 2.36. The monoisotopic (exact) mass is 328 g/mol. The van der Waals surface area contributed by atoms with E-state index < -0.39 is 0 Å². The van der Waals surface area contributed by atoms with Crippen LogP contribution in [0.4, 0.5) is 0 Å². The molecule has 1 unspecified atom stereocenters. The molecule has 0 aliphatic carbocycles. The first-order chi connectivity index (χ1) is 11.3. The molecule has 0 radical (unpaired) electrons. The van der Waals surface area contributed by atoms with E-state index in [-0.39, 0.29) is 5.56 Å². The number of nitrogens with zero attached hydrogens (tertiary/aromatic N) is 1. The molecule has 1 aromatic carbocycles. The molecule has 1 N–H and O–H groups in total. The molecule has 1 aliphatic heterocycles. The topological polar surface area (TPSA) is 34.0 Å². The summed E-state index contributed by atoms with van der Waals surface area (Å²) < 4.78 is 1.79. The molecule has 1 atom stereocenters. The quantitative estimate of drug-likeness (QED) is 0.827. The summed E-state index contributed by atoms with van der Waals surface area (Å²) in [5, 5.41) is 3.71. The summed E-state index contributed by atoms with van der Waals surface area (Å²) in [5.41, 5.74) is 3.05. The van der Waals surface area contributed by atoms with Crippen LogP contribution in [0.2, 0.25) is 0 Å². The third kappa shape index (κ3) is 4.49. The lowest BCUT2D eigenvalue weighted by molar-refractivity contribution is 0.522. The largest absolute Gasteiger partial charge is 0.316 e. The molecule has 0 fully saturated rings. The van der Waals surface area contributed by atoms with E-state index in [1.54, 1.807) is 16.7 Å². The molecule has 0 spiro atoms. The second kappa shape index (κ2) is 8.37. The normalized spacial score (nSPS) is 17.5. The number of rotatable bonds is 6. The lowest BCUT2D eigenvalue weighted by Crippen LogP contribution is -2.25. The van der Waals surface area contributed by atoms with Crippen molar-refractivity contribution in [3.05, 3.63) is 70.1 Å². The second-order valence-corrected chi connectivity index (χ2v) is 7.12. The van der Waals surface area contributed by atoms with Gasteiger partial charge in [-0.05, 0) is 48.8 Å². The van der Waals surface area contributed by atoms with Crippen LogP contribution < -0.4 is 10.9 Å². The molecule has 122 valence electrons. The molecule has 0 amide bonds. The van der Waals surface area contributed by atoms with Crippen LogP contribution in [0.1, 0.15) is 30.0 Å². The molecule has 3 nitrogen and oxygen atoms in total. The van der Waals surface area contributed by atoms with Crippen LogP contribution >= 0.6 is 11.8 Å². The van der Waals surface area contributed by atoms with Gasteiger partial charge in [-0.3, -0.25) is 4.79 Å². The summed E-state index contributed by atoms with van der Waals surface area (Å²) in [4.78, 5) is 11.7. The fraction of sp³-hybridized carbons (Fsp3) is 0.421. The van der Waals surface area contributed by atoms with E-state index in [4.69, 9.17) is 0 Å². The Labute approximate surface area is 142 Å². The Morgan fingerprint density at radius 2 is 2.00 bits per heavy atom. The Kier molecular flexibility index (Phi) is 5.94. The maximum atomic E-state index is 11.7. The molecular weight excluding hydrogens is 304 g/mol. The first-order valence-electron chi connectivity index (χ1n) is 8.39. The molecule has 1 aliphatic rings. The highest BCUT2D eigenvalue weighted by Crippen LogP contribution is 2.27. The van der Waals surface area contributed by atoms with E-state index >= 15 is 0 Å². The highest BCUT2D eigenvalue weighted by molar-refractivity contribution is 7.99. The summed E-state index contributed by atoms with van der Waals surface area (Å²) in [6.45, 7) is 1.80. The Balaban J connectivity index is 1.47. The standard InChI is InChI=1S/C19H24N2OS/c22-19-9-3-5-12-21(19)13-6-4-11-20-18-15-23-14-10-16-7-1-2-8-17(16)18/h1-3,5,7-9,12,18,20H,4,6,10-11,13-15H2. The molecule has 4 heteroatoms. The van der Waals surface area contributed by atoms with Gasteiger partial charge in [0.25, 0.3) is 0 Å². The Morgan fingerprint density at radius 1 is 1.13 bits per heavy atom. The Bertz CT molecular complexity index is 683. The molecule has 2 heterocycles. The number of benzene rings is 1. The fourth-order valence-electron chi connectivity index (χ4n) is 3.07. The Hall–Kier alpha value is -1.52. The number of pyridine rings is 1. The lowest BCUT2D eigenvalue weighted by Gasteiger charge is -2.19. The third-order valence-corrected chi connectivity index (χ3v) is 5.41. The van der Waals surface area contributed by atoms with Crippen molar-refractivity contribution in [3.63, 3.8) is 0 Å². The summed E-state index contributed by atoms with van der Waals surface area (Å²) >= 11 is 2.04. The zero-order valence-corrected chi connectivity index (χ0v) is 14.2. The summed E-state index contributed by atoms with van der Waals surface area (Å²) in [6.07, 6.45) is 5.16. The number of thioether (sulfide) groups is 1. The summed E-state index contributed by atoms with van der Waals surface area (Å²) in [6, 6.07) is 14.6. The summed E-state index contributed by atoms with van der Waals surface area (Å²) in [7, 11) is 0. The molecule has 1 aromatic heterocycles. The molecule has 0 saturated heterocycles. The molecule has 0 bridgehead atoms. The van der Waals surface area contributed by atoms with Crippen LogP contribution in [0.25, 0.3) is 0 Å². The van der Waals surface area contributed by atoms with Crippen LogP contribution in [-0.4, -0.2) is 22.6 Å². The second-order valence-electron chi connectivity index (χ2n) is 5.97. The maximum Gasteiger partial charge on any atom is 0.250 e. The predicted molar refractivity (Wildman–Crippen MR) is 98.2 cm³/mol. The van der Waals surface area contributed by atoms with Gasteiger partial charge in [-0.25, -0.2) is 0 Å². The lowest BCUT2D eigenvalue weighted by atomic mass is 9.99. The minimum absolute atomic E-state index is 0.0922. The van der Waals surface area contributed by atoms with Gasteiger partial charge in [0.2, 0.25) is 5.56 Å². The van der Waals surface area contributed by atoms with E-state index in [2.05, 4.69) is 29.6 Å². The van der Waals surface area contributed by atoms with Crippen LogP contribution in [0, 0.1) is 0 Å². The average molecular weight is 328 g/mol. The van der Waals surface area contributed by atoms with Gasteiger partial charge in [0.1, 0.15) is 0 Å². The van der Waals surface area contributed by atoms with Crippen molar-refractivity contribution in [2.45, 2.75) is 31.8 Å². The van der Waals surface area contributed by atoms with Gasteiger partial charge in [-0.15, -0.1) is 0 Å². The van der Waals surface area contributed by atoms with Crippen molar-refractivity contribution < 1.29 is 0 Å². The van der Waals surface area contributed by atoms with Crippen molar-refractivity contribution in [2.24, 2.45) is 0 Å². The van der Waals surface area contributed by atoms with Crippen LogP contribution in [-0.2, 0) is 13.0 Å². The van der Waals surface area contributed by atoms with Gasteiger partial charge in [-0.2, -0.15) is 11.8 Å². The number of unbranched alkanes of at least 4 members (excludes halogenated alkanes) is 1. The van der Waals surface area contributed by atoms with Crippen molar-refractivity contribution in [1.29, 1.82) is 0 Å². The number of aromatic nitrogens is 1. The van der Waals surface area contributed by atoms with E-state index in [0.717, 1.165) is 31.7 Å². The van der Waals surface area contributed by atoms with Gasteiger partial charge in [0, 0.05) is 30.6 Å². The van der Waals surface area contributed by atoms with E-state index in [0.29, 0.717) is 6.04 Å². The van der Waals surface area contributed by atoms with Crippen molar-refractivity contribution in [1.82, 2.24) is 9.88 Å². The van der Waals surface area contributed by atoms with Gasteiger partial charge in [0.15, 0.2) is 0 Å². The fourth-order valence-corrected chi connectivity index (χ4v) is 4.14. The highest BCUT2D eigenvalue weighted by Gasteiger charge is 2.17. The molecule has 2 aromatic rings. The Morgan fingerprint density at radius 3 is 2.91 bits per heavy atom. The number of nitrogens with one attached hydrogen (secondary N) is 1. The number of aryl methyl sites for hydroxylation is 2. The van der Waals surface area contributed by atoms with Crippen molar-refractivity contribution >= 4 is 11.8 Å². The van der Waals surface area contributed by atoms with Gasteiger partial charge >= 0.3 is 0 Å². The number of fused-ring (bicyclic) bond motifs is 1. The van der Waals surface area contributed by atoms with Gasteiger partial charge in [0.05, 0.1) is 0 Å². The smallest absolute Gasteiger partial charge is 0.250 e. The van der Waals surface area contributed by atoms with Crippen LogP contribution in [0.15, 0.2) is 53.5 Å². The third-order valence-electron chi connectivity index (χ3n) is 4.35. The molecule has 0 saturated carbocycles. The predicted octanol–water partition coefficient (Wildman–Crippen LogP) is 3.25. The van der Waals surface area contributed by atoms with Gasteiger partial charge in [-0.1, -0.05) is 30.3 Å². The molecular formula is C19H24N2OS.